The van der Waals surface area contributed by atoms with E-state index >= 15 is 0 Å². The van der Waals surface area contributed by atoms with Gasteiger partial charge >= 0.3 is 5.97 Å². The van der Waals surface area contributed by atoms with Crippen LogP contribution in [0.15, 0.2) is 0 Å². The smallest absolute Gasteiger partial charge is 0.307 e. The largest absolute Gasteiger partial charge is 0.469 e. The Morgan fingerprint density at radius 1 is 1.70 bits per heavy atom. The van der Waals surface area contributed by atoms with E-state index in [0.29, 0.717) is 6.42 Å². The van der Waals surface area contributed by atoms with Crippen molar-refractivity contribution in [2.45, 2.75) is 19.4 Å². The molecule has 0 heterocycles. The minimum Gasteiger partial charge on any atom is -0.469 e. The summed E-state index contributed by atoms with van der Waals surface area (Å²) < 4.78 is 4.44. The number of nitrogens with one attached hydrogen (secondary N) is 1. The highest BCUT2D eigenvalue weighted by molar-refractivity contribution is 5.85. The number of ether oxygens (including phenoxy) is 1. The number of carbonyl (C=O) groups excluding carboxylic acids is 1. The predicted molar refractivity (Wildman–Crippen MR) is 42.4 cm³/mol. The van der Waals surface area contributed by atoms with Crippen molar-refractivity contribution in [3.8, 4) is 0 Å². The van der Waals surface area contributed by atoms with E-state index < -0.39 is 0 Å². The third kappa shape index (κ3) is 5.85. The molecule has 0 unspecified atom stereocenters. The van der Waals surface area contributed by atoms with E-state index in [0.717, 1.165) is 0 Å². The van der Waals surface area contributed by atoms with Crippen LogP contribution in [0.3, 0.4) is 0 Å². The topological polar surface area (TPSA) is 38.3 Å². The summed E-state index contributed by atoms with van der Waals surface area (Å²) in [4.78, 5) is 10.5. The Morgan fingerprint density at radius 3 is 2.50 bits per heavy atom. The second-order valence-corrected chi connectivity index (χ2v) is 1.97. The van der Waals surface area contributed by atoms with Crippen LogP contribution in [-0.4, -0.2) is 26.2 Å². The second-order valence-electron chi connectivity index (χ2n) is 1.97. The summed E-state index contributed by atoms with van der Waals surface area (Å²) in [5.41, 5.74) is 0. The third-order valence-electron chi connectivity index (χ3n) is 1.19. The van der Waals surface area contributed by atoms with Gasteiger partial charge in [-0.2, -0.15) is 0 Å². The maximum atomic E-state index is 10.5. The minimum absolute atomic E-state index is 0. The fraction of sp³-hybridized carbons (Fsp3) is 0.833. The van der Waals surface area contributed by atoms with E-state index in [1.807, 2.05) is 14.0 Å². The summed E-state index contributed by atoms with van der Waals surface area (Å²) in [6.07, 6.45) is 0.438. The standard InChI is InChI=1S/C6H13NO2.ClH/c1-5(7-2)4-6(8)9-3;/h5,7H,4H2,1-3H3;1H/t5-;/m1./s1. The van der Waals surface area contributed by atoms with E-state index in [1.165, 1.54) is 7.11 Å². The average molecular weight is 168 g/mol. The molecule has 4 heteroatoms. The molecule has 1 N–H and O–H groups in total. The van der Waals surface area contributed by atoms with Gasteiger partial charge in [0.1, 0.15) is 0 Å². The Labute approximate surface area is 67.5 Å². The molecule has 0 aliphatic carbocycles. The van der Waals surface area contributed by atoms with Crippen LogP contribution in [0.4, 0.5) is 0 Å². The molecule has 0 amide bonds. The molecule has 3 nitrogen and oxygen atoms in total. The molecule has 0 aromatic rings. The van der Waals surface area contributed by atoms with Crippen molar-refractivity contribution < 1.29 is 9.53 Å². The Kier molecular flexibility index (Phi) is 8.48. The molecule has 0 fully saturated rings. The first-order valence-corrected chi connectivity index (χ1v) is 2.94. The van der Waals surface area contributed by atoms with Gasteiger partial charge in [0.25, 0.3) is 0 Å². The van der Waals surface area contributed by atoms with Crippen LogP contribution < -0.4 is 5.32 Å². The van der Waals surface area contributed by atoms with Crippen molar-refractivity contribution in [2.24, 2.45) is 0 Å². The molecule has 0 saturated carbocycles. The monoisotopic (exact) mass is 167 g/mol. The molecule has 0 rings (SSSR count). The molecule has 0 spiro atoms. The maximum absolute atomic E-state index is 10.5. The first-order valence-electron chi connectivity index (χ1n) is 2.94. The lowest BCUT2D eigenvalue weighted by molar-refractivity contribution is -0.141. The van der Waals surface area contributed by atoms with Crippen molar-refractivity contribution in [3.63, 3.8) is 0 Å². The fourth-order valence-corrected chi connectivity index (χ4v) is 0.435. The molecule has 0 radical (unpaired) electrons. The number of hydrogen-bond donors (Lipinski definition) is 1. The molecular formula is C6H14ClNO2. The second kappa shape index (κ2) is 6.83. The Morgan fingerprint density at radius 2 is 2.20 bits per heavy atom. The van der Waals surface area contributed by atoms with Gasteiger partial charge in [0.15, 0.2) is 0 Å². The number of methoxy groups -OCH3 is 1. The van der Waals surface area contributed by atoms with Crippen molar-refractivity contribution in [1.29, 1.82) is 0 Å². The van der Waals surface area contributed by atoms with Crippen molar-refractivity contribution in [1.82, 2.24) is 5.32 Å². The summed E-state index contributed by atoms with van der Waals surface area (Å²) in [6, 6.07) is 0.206. The highest BCUT2D eigenvalue weighted by Gasteiger charge is 2.04. The van der Waals surface area contributed by atoms with Gasteiger partial charge < -0.3 is 10.1 Å². The van der Waals surface area contributed by atoms with E-state index in [4.69, 9.17) is 0 Å². The lowest BCUT2D eigenvalue weighted by Crippen LogP contribution is -2.24. The van der Waals surface area contributed by atoms with Gasteiger partial charge in [-0.15, -0.1) is 12.4 Å². The van der Waals surface area contributed by atoms with Gasteiger partial charge in [-0.1, -0.05) is 0 Å². The van der Waals surface area contributed by atoms with E-state index in [-0.39, 0.29) is 24.4 Å². The highest BCUT2D eigenvalue weighted by Crippen LogP contribution is 1.90. The first kappa shape index (κ1) is 12.4. The van der Waals surface area contributed by atoms with Gasteiger partial charge in [-0.05, 0) is 14.0 Å². The van der Waals surface area contributed by atoms with Gasteiger partial charge in [-0.3, -0.25) is 4.79 Å². The zero-order chi connectivity index (χ0) is 7.28. The summed E-state index contributed by atoms with van der Waals surface area (Å²) in [7, 11) is 3.21. The van der Waals surface area contributed by atoms with Crippen molar-refractivity contribution in [2.75, 3.05) is 14.2 Å². The van der Waals surface area contributed by atoms with E-state index in [2.05, 4.69) is 10.1 Å². The van der Waals surface area contributed by atoms with Crippen LogP contribution in [0, 0.1) is 0 Å². The lowest BCUT2D eigenvalue weighted by atomic mass is 10.2. The number of halogens is 1. The minimum atomic E-state index is -0.170. The highest BCUT2D eigenvalue weighted by atomic mass is 35.5. The first-order chi connectivity index (χ1) is 4.20. The number of rotatable bonds is 3. The molecule has 10 heavy (non-hydrogen) atoms. The quantitative estimate of drug-likeness (QED) is 0.625. The number of hydrogen-bond acceptors (Lipinski definition) is 3. The Balaban J connectivity index is 0. The van der Waals surface area contributed by atoms with Crippen LogP contribution >= 0.6 is 12.4 Å². The molecule has 0 aromatic heterocycles. The molecule has 0 aromatic carbocycles. The van der Waals surface area contributed by atoms with Crippen molar-refractivity contribution in [3.05, 3.63) is 0 Å². The third-order valence-corrected chi connectivity index (χ3v) is 1.19. The van der Waals surface area contributed by atoms with Gasteiger partial charge in [-0.25, -0.2) is 0 Å². The normalized spacial score (nSPS) is 11.5. The molecule has 0 aliphatic heterocycles. The molecule has 0 aliphatic rings. The summed E-state index contributed by atoms with van der Waals surface area (Å²) in [5, 5.41) is 2.93. The summed E-state index contributed by atoms with van der Waals surface area (Å²) >= 11 is 0. The molecule has 0 saturated heterocycles. The van der Waals surface area contributed by atoms with Crippen LogP contribution in [0.2, 0.25) is 0 Å². The van der Waals surface area contributed by atoms with Crippen LogP contribution in [-0.2, 0) is 9.53 Å². The predicted octanol–water partition coefficient (Wildman–Crippen LogP) is 0.579. The summed E-state index contributed by atoms with van der Waals surface area (Å²) in [6.45, 7) is 1.93. The summed E-state index contributed by atoms with van der Waals surface area (Å²) in [5.74, 6) is -0.170. The number of carbonyl (C=O) groups is 1. The SMILES string of the molecule is CN[C@H](C)CC(=O)OC.Cl. The van der Waals surface area contributed by atoms with E-state index in [9.17, 15) is 4.79 Å². The molecule has 62 valence electrons. The molecule has 0 bridgehead atoms. The maximum Gasteiger partial charge on any atom is 0.307 e. The fourth-order valence-electron chi connectivity index (χ4n) is 0.435. The molecular weight excluding hydrogens is 154 g/mol. The lowest BCUT2D eigenvalue weighted by Gasteiger charge is -2.06. The molecule has 1 atom stereocenters. The van der Waals surface area contributed by atoms with Gasteiger partial charge in [0.2, 0.25) is 0 Å². The van der Waals surface area contributed by atoms with Crippen LogP contribution in [0.1, 0.15) is 13.3 Å². The number of esters is 1. The van der Waals surface area contributed by atoms with Crippen LogP contribution in [0.25, 0.3) is 0 Å². The Hall–Kier alpha value is -0.280. The zero-order valence-corrected chi connectivity index (χ0v) is 7.33. The Bertz CT molecular complexity index is 97.7. The van der Waals surface area contributed by atoms with Crippen LogP contribution in [0.5, 0.6) is 0 Å². The average Bonchev–Trinajstić information content (AvgIpc) is 1.87. The van der Waals surface area contributed by atoms with Gasteiger partial charge in [0.05, 0.1) is 13.5 Å². The zero-order valence-electron chi connectivity index (χ0n) is 6.51. The van der Waals surface area contributed by atoms with Crippen molar-refractivity contribution >= 4 is 18.4 Å². The van der Waals surface area contributed by atoms with Gasteiger partial charge in [0, 0.05) is 6.04 Å². The van der Waals surface area contributed by atoms with E-state index in [1.54, 1.807) is 0 Å².